The number of benzene rings is 1. The number of hydrogen-bond acceptors (Lipinski definition) is 4. The van der Waals surface area contributed by atoms with E-state index in [0.717, 1.165) is 10.4 Å². The average Bonchev–Trinajstić information content (AvgIpc) is 2.90. The summed E-state index contributed by atoms with van der Waals surface area (Å²) >= 11 is 1.52. The molecule has 4 heteroatoms. The van der Waals surface area contributed by atoms with Gasteiger partial charge >= 0.3 is 0 Å². The molecule has 0 atom stereocenters. The summed E-state index contributed by atoms with van der Waals surface area (Å²) in [5, 5.41) is 5.60. The molecular formula is C14H14N2OS. The van der Waals surface area contributed by atoms with Crippen LogP contribution in [-0.4, -0.2) is 5.90 Å². The van der Waals surface area contributed by atoms with E-state index < -0.39 is 0 Å². The molecule has 0 saturated heterocycles. The highest BCUT2D eigenvalue weighted by Crippen LogP contribution is 2.19. The number of rotatable bonds is 3. The lowest BCUT2D eigenvalue weighted by atomic mass is 10.1. The van der Waals surface area contributed by atoms with Crippen LogP contribution in [0.1, 0.15) is 16.0 Å². The van der Waals surface area contributed by atoms with Gasteiger partial charge in [-0.05, 0) is 18.4 Å². The lowest BCUT2D eigenvalue weighted by Gasteiger charge is -2.09. The SMILES string of the molecule is C=C(O/C(=N\N)c1cccs1)c1ccc(C)cc1. The van der Waals surface area contributed by atoms with Crippen LogP contribution in [0.2, 0.25) is 0 Å². The largest absolute Gasteiger partial charge is 0.437 e. The summed E-state index contributed by atoms with van der Waals surface area (Å²) in [6.07, 6.45) is 0. The smallest absolute Gasteiger partial charge is 0.253 e. The highest BCUT2D eigenvalue weighted by atomic mass is 32.1. The quantitative estimate of drug-likeness (QED) is 0.302. The highest BCUT2D eigenvalue weighted by molar-refractivity contribution is 7.12. The van der Waals surface area contributed by atoms with Gasteiger partial charge in [0, 0.05) is 5.56 Å². The molecule has 0 unspecified atom stereocenters. The first kappa shape index (κ1) is 12.4. The molecule has 2 aromatic rings. The molecule has 2 rings (SSSR count). The molecule has 0 bridgehead atoms. The molecule has 0 spiro atoms. The summed E-state index contributed by atoms with van der Waals surface area (Å²) in [4.78, 5) is 0.880. The Morgan fingerprint density at radius 2 is 2.00 bits per heavy atom. The van der Waals surface area contributed by atoms with E-state index in [-0.39, 0.29) is 0 Å². The predicted molar refractivity (Wildman–Crippen MR) is 76.3 cm³/mol. The van der Waals surface area contributed by atoms with Gasteiger partial charge < -0.3 is 10.6 Å². The highest BCUT2D eigenvalue weighted by Gasteiger charge is 2.09. The molecule has 0 aliphatic rings. The Morgan fingerprint density at radius 3 is 2.56 bits per heavy atom. The van der Waals surface area contributed by atoms with Gasteiger partial charge in [-0.15, -0.1) is 16.4 Å². The second-order valence-corrected chi connectivity index (χ2v) is 4.75. The van der Waals surface area contributed by atoms with E-state index in [0.29, 0.717) is 11.7 Å². The molecular weight excluding hydrogens is 244 g/mol. The van der Waals surface area contributed by atoms with Crippen LogP contribution < -0.4 is 5.84 Å². The van der Waals surface area contributed by atoms with E-state index in [9.17, 15) is 0 Å². The first-order chi connectivity index (χ1) is 8.70. The van der Waals surface area contributed by atoms with Crippen molar-refractivity contribution in [1.82, 2.24) is 0 Å². The maximum atomic E-state index is 5.61. The summed E-state index contributed by atoms with van der Waals surface area (Å²) in [6, 6.07) is 11.8. The summed E-state index contributed by atoms with van der Waals surface area (Å²) in [7, 11) is 0. The summed E-state index contributed by atoms with van der Waals surface area (Å²) < 4.78 is 5.61. The fraction of sp³-hybridized carbons (Fsp3) is 0.0714. The normalized spacial score (nSPS) is 11.3. The lowest BCUT2D eigenvalue weighted by molar-refractivity contribution is 0.509. The van der Waals surface area contributed by atoms with Crippen LogP contribution in [0, 0.1) is 6.92 Å². The van der Waals surface area contributed by atoms with Crippen molar-refractivity contribution < 1.29 is 4.74 Å². The van der Waals surface area contributed by atoms with Crippen LogP contribution in [0.4, 0.5) is 0 Å². The molecule has 92 valence electrons. The van der Waals surface area contributed by atoms with Gasteiger partial charge in [0.1, 0.15) is 5.76 Å². The fourth-order valence-electron chi connectivity index (χ4n) is 1.46. The molecule has 0 aliphatic heterocycles. The molecule has 2 N–H and O–H groups in total. The zero-order valence-electron chi connectivity index (χ0n) is 10.1. The monoisotopic (exact) mass is 258 g/mol. The number of nitrogens with two attached hydrogens (primary N) is 1. The van der Waals surface area contributed by atoms with Crippen molar-refractivity contribution in [2.24, 2.45) is 10.9 Å². The Bertz CT molecular complexity index is 556. The zero-order valence-corrected chi connectivity index (χ0v) is 10.9. The lowest BCUT2D eigenvalue weighted by Crippen LogP contribution is -2.06. The molecule has 0 aliphatic carbocycles. The van der Waals surface area contributed by atoms with Crippen molar-refractivity contribution in [3.63, 3.8) is 0 Å². The van der Waals surface area contributed by atoms with E-state index in [1.165, 1.54) is 16.9 Å². The number of hydrogen-bond donors (Lipinski definition) is 1. The van der Waals surface area contributed by atoms with Crippen molar-refractivity contribution in [2.45, 2.75) is 6.92 Å². The number of thiophene rings is 1. The van der Waals surface area contributed by atoms with E-state index in [1.807, 2.05) is 48.7 Å². The standard InChI is InChI=1S/C14H14N2OS/c1-10-5-7-12(8-6-10)11(2)17-14(16-15)13-4-3-9-18-13/h3-9H,2,15H2,1H3/b16-14-. The van der Waals surface area contributed by atoms with E-state index >= 15 is 0 Å². The van der Waals surface area contributed by atoms with Gasteiger partial charge in [0.2, 0.25) is 0 Å². The molecule has 0 saturated carbocycles. The van der Waals surface area contributed by atoms with Crippen LogP contribution >= 0.6 is 11.3 Å². The molecule has 0 fully saturated rings. The van der Waals surface area contributed by atoms with E-state index in [2.05, 4.69) is 11.7 Å². The van der Waals surface area contributed by atoms with Gasteiger partial charge in [-0.3, -0.25) is 0 Å². The van der Waals surface area contributed by atoms with Gasteiger partial charge in [-0.25, -0.2) is 0 Å². The van der Waals surface area contributed by atoms with Gasteiger partial charge in [0.25, 0.3) is 5.90 Å². The van der Waals surface area contributed by atoms with Gasteiger partial charge in [-0.2, -0.15) is 0 Å². The van der Waals surface area contributed by atoms with Crippen molar-refractivity contribution >= 4 is 23.0 Å². The summed E-state index contributed by atoms with van der Waals surface area (Å²) in [5.74, 6) is 6.26. The summed E-state index contributed by atoms with van der Waals surface area (Å²) in [6.45, 7) is 5.93. The number of ether oxygens (including phenoxy) is 1. The first-order valence-electron chi connectivity index (χ1n) is 5.46. The van der Waals surface area contributed by atoms with Crippen LogP contribution in [0.5, 0.6) is 0 Å². The number of nitrogens with zero attached hydrogens (tertiary/aromatic N) is 1. The Labute approximate surface area is 110 Å². The van der Waals surface area contributed by atoms with E-state index in [1.54, 1.807) is 0 Å². The Morgan fingerprint density at radius 1 is 1.28 bits per heavy atom. The second-order valence-electron chi connectivity index (χ2n) is 3.80. The molecule has 0 radical (unpaired) electrons. The average molecular weight is 258 g/mol. The van der Waals surface area contributed by atoms with Gasteiger partial charge in [0.05, 0.1) is 4.88 Å². The molecule has 1 aromatic heterocycles. The van der Waals surface area contributed by atoms with Crippen molar-refractivity contribution in [2.75, 3.05) is 0 Å². The van der Waals surface area contributed by atoms with Crippen LogP contribution in [0.25, 0.3) is 5.76 Å². The second kappa shape index (κ2) is 5.51. The van der Waals surface area contributed by atoms with Crippen LogP contribution in [0.15, 0.2) is 53.5 Å². The maximum absolute atomic E-state index is 5.61. The third kappa shape index (κ3) is 2.78. The fourth-order valence-corrected chi connectivity index (χ4v) is 2.11. The van der Waals surface area contributed by atoms with Crippen molar-refractivity contribution in [1.29, 1.82) is 0 Å². The third-order valence-electron chi connectivity index (χ3n) is 2.44. The Balaban J connectivity index is 2.14. The topological polar surface area (TPSA) is 47.6 Å². The minimum Gasteiger partial charge on any atom is -0.437 e. The van der Waals surface area contributed by atoms with E-state index in [4.69, 9.17) is 10.6 Å². The molecule has 1 heterocycles. The first-order valence-corrected chi connectivity index (χ1v) is 6.34. The molecule has 0 amide bonds. The molecule has 3 nitrogen and oxygen atoms in total. The number of aryl methyl sites for hydroxylation is 1. The minimum absolute atomic E-state index is 0.385. The van der Waals surface area contributed by atoms with Gasteiger partial charge in [0.15, 0.2) is 0 Å². The zero-order chi connectivity index (χ0) is 13.0. The molecule has 18 heavy (non-hydrogen) atoms. The maximum Gasteiger partial charge on any atom is 0.253 e. The van der Waals surface area contributed by atoms with Crippen molar-refractivity contribution in [3.05, 3.63) is 64.4 Å². The minimum atomic E-state index is 0.385. The van der Waals surface area contributed by atoms with Crippen molar-refractivity contribution in [3.8, 4) is 0 Å². The van der Waals surface area contributed by atoms with Gasteiger partial charge in [-0.1, -0.05) is 42.5 Å². The van der Waals surface area contributed by atoms with Crippen LogP contribution in [0.3, 0.4) is 0 Å². The number of hydrazone groups is 1. The Hall–Kier alpha value is -2.07. The predicted octanol–water partition coefficient (Wildman–Crippen LogP) is 3.36. The third-order valence-corrected chi connectivity index (χ3v) is 3.30. The summed E-state index contributed by atoms with van der Waals surface area (Å²) in [5.41, 5.74) is 2.11. The van der Waals surface area contributed by atoms with Crippen LogP contribution in [-0.2, 0) is 4.74 Å². The Kier molecular flexibility index (Phi) is 3.79. The molecule has 1 aromatic carbocycles.